The maximum absolute atomic E-state index is 13.9. The fourth-order valence-electron chi connectivity index (χ4n) is 2.88. The fourth-order valence-corrected chi connectivity index (χ4v) is 4.20. The summed E-state index contributed by atoms with van der Waals surface area (Å²) in [6.45, 7) is 2.63. The summed E-state index contributed by atoms with van der Waals surface area (Å²) in [5.41, 5.74) is 1.83. The maximum Gasteiger partial charge on any atom is 0.232 e. The van der Waals surface area contributed by atoms with Crippen LogP contribution >= 0.6 is 27.7 Å². The van der Waals surface area contributed by atoms with Crippen LogP contribution in [0.1, 0.15) is 5.56 Å². The van der Waals surface area contributed by atoms with E-state index < -0.39 is 0 Å². The summed E-state index contributed by atoms with van der Waals surface area (Å²) in [5, 5.41) is 0. The Bertz CT molecular complexity index is 735. The summed E-state index contributed by atoms with van der Waals surface area (Å²) in [4.78, 5) is 16.3. The third kappa shape index (κ3) is 4.98. The molecule has 0 atom stereocenters. The van der Waals surface area contributed by atoms with Crippen molar-refractivity contribution < 1.29 is 9.18 Å². The minimum atomic E-state index is -0.202. The summed E-state index contributed by atoms with van der Waals surface area (Å²) in [6.07, 6.45) is 0. The van der Waals surface area contributed by atoms with Crippen LogP contribution in [0.25, 0.3) is 0 Å². The molecule has 1 heterocycles. The number of hydrogen-bond acceptors (Lipinski definition) is 3. The number of benzene rings is 2. The standard InChI is InChI=1S/C19H20BrFN2OS/c20-16-5-3-4-15(12-16)13-25-14-19(24)23-10-8-22(9-11-23)18-7-2-1-6-17(18)21/h1-7,12H,8-11,13-14H2. The van der Waals surface area contributed by atoms with Crippen molar-refractivity contribution in [2.75, 3.05) is 36.8 Å². The van der Waals surface area contributed by atoms with Gasteiger partial charge in [0.25, 0.3) is 0 Å². The smallest absolute Gasteiger partial charge is 0.232 e. The Labute approximate surface area is 160 Å². The number of amides is 1. The zero-order valence-corrected chi connectivity index (χ0v) is 16.2. The number of piperazine rings is 1. The van der Waals surface area contributed by atoms with E-state index in [9.17, 15) is 9.18 Å². The van der Waals surface area contributed by atoms with Crippen molar-refractivity contribution in [2.24, 2.45) is 0 Å². The molecule has 1 saturated heterocycles. The first-order valence-electron chi connectivity index (χ1n) is 8.23. The van der Waals surface area contributed by atoms with Gasteiger partial charge in [-0.3, -0.25) is 4.79 Å². The Kier molecular flexibility index (Phi) is 6.37. The number of rotatable bonds is 5. The van der Waals surface area contributed by atoms with Crippen molar-refractivity contribution in [3.63, 3.8) is 0 Å². The molecular weight excluding hydrogens is 403 g/mol. The van der Waals surface area contributed by atoms with E-state index in [2.05, 4.69) is 28.1 Å². The van der Waals surface area contributed by atoms with Gasteiger partial charge in [-0.05, 0) is 29.8 Å². The lowest BCUT2D eigenvalue weighted by atomic mass is 10.2. The van der Waals surface area contributed by atoms with Crippen molar-refractivity contribution in [3.8, 4) is 0 Å². The summed E-state index contributed by atoms with van der Waals surface area (Å²) < 4.78 is 14.9. The minimum Gasteiger partial charge on any atom is -0.366 e. The summed E-state index contributed by atoms with van der Waals surface area (Å²) >= 11 is 5.09. The van der Waals surface area contributed by atoms with E-state index in [4.69, 9.17) is 0 Å². The summed E-state index contributed by atoms with van der Waals surface area (Å²) in [5.74, 6) is 1.26. The Morgan fingerprint density at radius 1 is 1.08 bits per heavy atom. The normalized spacial score (nSPS) is 14.6. The van der Waals surface area contributed by atoms with Crippen molar-refractivity contribution in [1.82, 2.24) is 4.90 Å². The molecular formula is C19H20BrFN2OS. The number of nitrogens with zero attached hydrogens (tertiary/aromatic N) is 2. The molecule has 0 aliphatic carbocycles. The van der Waals surface area contributed by atoms with Crippen molar-refractivity contribution in [1.29, 1.82) is 0 Å². The highest BCUT2D eigenvalue weighted by molar-refractivity contribution is 9.10. The Morgan fingerprint density at radius 3 is 2.56 bits per heavy atom. The van der Waals surface area contributed by atoms with Crippen LogP contribution in [0.4, 0.5) is 10.1 Å². The van der Waals surface area contributed by atoms with Crippen molar-refractivity contribution in [3.05, 3.63) is 64.4 Å². The molecule has 3 nitrogen and oxygen atoms in total. The molecule has 1 aliphatic rings. The molecule has 0 radical (unpaired) electrons. The van der Waals surface area contributed by atoms with Crippen LogP contribution in [0.5, 0.6) is 0 Å². The fraction of sp³-hybridized carbons (Fsp3) is 0.316. The van der Waals surface area contributed by atoms with Crippen LogP contribution in [0.3, 0.4) is 0 Å². The lowest BCUT2D eigenvalue weighted by Crippen LogP contribution is -2.49. The molecule has 6 heteroatoms. The summed E-state index contributed by atoms with van der Waals surface area (Å²) in [7, 11) is 0. The molecule has 0 N–H and O–H groups in total. The van der Waals surface area contributed by atoms with Gasteiger partial charge in [-0.25, -0.2) is 4.39 Å². The first-order valence-corrected chi connectivity index (χ1v) is 10.2. The monoisotopic (exact) mass is 422 g/mol. The Hall–Kier alpha value is -1.53. The molecule has 1 aliphatic heterocycles. The number of thioether (sulfide) groups is 1. The number of hydrogen-bond donors (Lipinski definition) is 0. The second kappa shape index (κ2) is 8.72. The highest BCUT2D eigenvalue weighted by atomic mass is 79.9. The second-order valence-corrected chi connectivity index (χ2v) is 7.84. The van der Waals surface area contributed by atoms with Crippen LogP contribution in [0.15, 0.2) is 53.0 Å². The van der Waals surface area contributed by atoms with E-state index in [1.165, 1.54) is 11.6 Å². The number of halogens is 2. The molecule has 0 spiro atoms. The molecule has 132 valence electrons. The maximum atomic E-state index is 13.9. The average molecular weight is 423 g/mol. The van der Waals surface area contributed by atoms with E-state index >= 15 is 0 Å². The third-order valence-electron chi connectivity index (χ3n) is 4.21. The molecule has 3 rings (SSSR count). The van der Waals surface area contributed by atoms with Crippen LogP contribution in [0, 0.1) is 5.82 Å². The van der Waals surface area contributed by atoms with Gasteiger partial charge >= 0.3 is 0 Å². The SMILES string of the molecule is O=C(CSCc1cccc(Br)c1)N1CCN(c2ccccc2F)CC1. The lowest BCUT2D eigenvalue weighted by Gasteiger charge is -2.36. The van der Waals surface area contributed by atoms with Gasteiger partial charge in [0.05, 0.1) is 11.4 Å². The predicted molar refractivity (Wildman–Crippen MR) is 105 cm³/mol. The van der Waals surface area contributed by atoms with Crippen LogP contribution in [0.2, 0.25) is 0 Å². The number of anilines is 1. The topological polar surface area (TPSA) is 23.6 Å². The van der Waals surface area contributed by atoms with E-state index in [1.54, 1.807) is 23.9 Å². The molecule has 0 bridgehead atoms. The van der Waals surface area contributed by atoms with E-state index in [-0.39, 0.29) is 11.7 Å². The predicted octanol–water partition coefficient (Wildman–Crippen LogP) is 4.17. The van der Waals surface area contributed by atoms with Crippen LogP contribution < -0.4 is 4.90 Å². The van der Waals surface area contributed by atoms with Crippen molar-refractivity contribution in [2.45, 2.75) is 5.75 Å². The highest BCUT2D eigenvalue weighted by Crippen LogP contribution is 2.21. The largest absolute Gasteiger partial charge is 0.366 e. The van der Waals surface area contributed by atoms with Crippen LogP contribution in [-0.4, -0.2) is 42.7 Å². The molecule has 0 unspecified atom stereocenters. The van der Waals surface area contributed by atoms with E-state index in [1.807, 2.05) is 28.0 Å². The third-order valence-corrected chi connectivity index (χ3v) is 5.69. The Morgan fingerprint density at radius 2 is 1.84 bits per heavy atom. The molecule has 25 heavy (non-hydrogen) atoms. The van der Waals surface area contributed by atoms with Gasteiger partial charge in [-0.1, -0.05) is 40.2 Å². The lowest BCUT2D eigenvalue weighted by molar-refractivity contribution is -0.128. The summed E-state index contributed by atoms with van der Waals surface area (Å²) in [6, 6.07) is 14.9. The van der Waals surface area contributed by atoms with Gasteiger partial charge in [-0.2, -0.15) is 0 Å². The molecule has 0 saturated carbocycles. The number of carbonyl (C=O) groups excluding carboxylic acids is 1. The molecule has 2 aromatic rings. The molecule has 1 fully saturated rings. The minimum absolute atomic E-state index is 0.160. The van der Waals surface area contributed by atoms with E-state index in [0.29, 0.717) is 37.6 Å². The first kappa shape index (κ1) is 18.3. The first-order chi connectivity index (χ1) is 12.1. The highest BCUT2D eigenvalue weighted by Gasteiger charge is 2.22. The molecule has 1 amide bonds. The quantitative estimate of drug-likeness (QED) is 0.722. The number of para-hydroxylation sites is 1. The van der Waals surface area contributed by atoms with Crippen LogP contribution in [-0.2, 0) is 10.5 Å². The second-order valence-electron chi connectivity index (χ2n) is 5.94. The average Bonchev–Trinajstić information content (AvgIpc) is 2.62. The van der Waals surface area contributed by atoms with Gasteiger partial charge in [0.1, 0.15) is 5.82 Å². The van der Waals surface area contributed by atoms with Gasteiger partial charge in [0.15, 0.2) is 0 Å². The van der Waals surface area contributed by atoms with Crippen molar-refractivity contribution >= 4 is 39.3 Å². The van der Waals surface area contributed by atoms with Gasteiger partial charge in [0, 0.05) is 36.4 Å². The zero-order valence-electron chi connectivity index (χ0n) is 13.8. The van der Waals surface area contributed by atoms with Gasteiger partial charge in [-0.15, -0.1) is 11.8 Å². The van der Waals surface area contributed by atoms with Gasteiger partial charge in [0.2, 0.25) is 5.91 Å². The zero-order chi connectivity index (χ0) is 17.6. The number of carbonyl (C=O) groups is 1. The molecule has 0 aromatic heterocycles. The van der Waals surface area contributed by atoms with E-state index in [0.717, 1.165) is 10.2 Å². The Balaban J connectivity index is 1.45. The van der Waals surface area contributed by atoms with Gasteiger partial charge < -0.3 is 9.80 Å². The molecule has 2 aromatic carbocycles.